The average molecular weight is 144 g/mol. The fraction of sp³-hybridized carbons (Fsp3) is 0.750. The van der Waals surface area contributed by atoms with E-state index in [1.165, 1.54) is 6.92 Å². The molecule has 44 valence electrons. The van der Waals surface area contributed by atoms with Gasteiger partial charge in [-0.25, -0.2) is 0 Å². The Morgan fingerprint density at radius 1 is 1.62 bits per heavy atom. The molecule has 0 atom stereocenters. The smallest absolute Gasteiger partial charge is 0.870 e. The molecular weight excluding hydrogens is 135 g/mol. The molecule has 0 aliphatic carbocycles. The molecule has 0 fully saturated rings. The van der Waals surface area contributed by atoms with E-state index < -0.39 is 0 Å². The maximum absolute atomic E-state index is 9.82. The molecule has 3 nitrogen and oxygen atoms in total. The van der Waals surface area contributed by atoms with Crippen LogP contribution in [0.2, 0.25) is 0 Å². The monoisotopic (exact) mass is 144 g/mol. The Kier molecular flexibility index (Phi) is 21.9. The number of ether oxygens (including phenoxy) is 1. The first-order chi connectivity index (χ1) is 2.77. The number of hydrogen-bond donors (Lipinski definition) is 0. The average Bonchev–Trinajstić information content (AvgIpc) is 1.35. The van der Waals surface area contributed by atoms with Crippen LogP contribution in [0.3, 0.4) is 0 Å². The van der Waals surface area contributed by atoms with Gasteiger partial charge in [0.05, 0.1) is 6.61 Å². The summed E-state index contributed by atoms with van der Waals surface area (Å²) >= 11 is 0. The third-order valence-corrected chi connectivity index (χ3v) is 0.348. The van der Waals surface area contributed by atoms with E-state index in [0.29, 0.717) is 6.61 Å². The van der Waals surface area contributed by atoms with Gasteiger partial charge in [0, 0.05) is 6.92 Å². The van der Waals surface area contributed by atoms with Crippen LogP contribution in [0.15, 0.2) is 0 Å². The van der Waals surface area contributed by atoms with Crippen LogP contribution in [-0.2, 0) is 9.53 Å². The van der Waals surface area contributed by atoms with Crippen LogP contribution in [0, 0.1) is 0 Å². The van der Waals surface area contributed by atoms with E-state index in [-0.39, 0.29) is 62.8 Å². The molecule has 0 radical (unpaired) electrons. The van der Waals surface area contributed by atoms with E-state index in [2.05, 4.69) is 4.74 Å². The minimum atomic E-state index is -0.211. The van der Waals surface area contributed by atoms with Crippen LogP contribution >= 0.6 is 0 Å². The molecular formula is C4H9KO3. The Labute approximate surface area is 91.5 Å². The summed E-state index contributed by atoms with van der Waals surface area (Å²) in [5.41, 5.74) is 0. The van der Waals surface area contributed by atoms with Gasteiger partial charge in [-0.15, -0.1) is 0 Å². The molecule has 0 aliphatic rings. The van der Waals surface area contributed by atoms with E-state index in [1.54, 1.807) is 6.92 Å². The van der Waals surface area contributed by atoms with Gasteiger partial charge >= 0.3 is 57.4 Å². The Hall–Kier alpha value is 1.07. The first kappa shape index (κ1) is 16.0. The van der Waals surface area contributed by atoms with Crippen molar-refractivity contribution < 1.29 is 66.4 Å². The van der Waals surface area contributed by atoms with Crippen LogP contribution in [0.25, 0.3) is 0 Å². The predicted octanol–water partition coefficient (Wildman–Crippen LogP) is -2.60. The Morgan fingerprint density at radius 2 is 2.00 bits per heavy atom. The zero-order chi connectivity index (χ0) is 4.99. The molecule has 0 aromatic heterocycles. The summed E-state index contributed by atoms with van der Waals surface area (Å²) in [4.78, 5) is 9.82. The van der Waals surface area contributed by atoms with E-state index in [9.17, 15) is 4.79 Å². The SMILES string of the molecule is CCOC(C)=O.[K+].[OH-]. The van der Waals surface area contributed by atoms with Crippen molar-refractivity contribution in [2.45, 2.75) is 13.8 Å². The molecule has 4 heteroatoms. The summed E-state index contributed by atoms with van der Waals surface area (Å²) in [7, 11) is 0. The molecule has 0 aromatic carbocycles. The maximum atomic E-state index is 9.82. The standard InChI is InChI=1S/C4H8O2.K.H2O/c1-3-6-4(2)5;;/h3H2,1-2H3;;1H2/q;+1;/p-1. The van der Waals surface area contributed by atoms with Crippen LogP contribution < -0.4 is 51.4 Å². The minimum absolute atomic E-state index is 0. The normalized spacial score (nSPS) is 5.75. The molecule has 0 saturated carbocycles. The Bertz CT molecular complexity index is 55.2. The van der Waals surface area contributed by atoms with E-state index >= 15 is 0 Å². The molecule has 0 aromatic rings. The van der Waals surface area contributed by atoms with Crippen LogP contribution in [0.1, 0.15) is 13.8 Å². The topological polar surface area (TPSA) is 56.3 Å². The fourth-order valence-corrected chi connectivity index (χ4v) is 0.203. The van der Waals surface area contributed by atoms with Crippen molar-refractivity contribution in [1.82, 2.24) is 0 Å². The zero-order valence-corrected chi connectivity index (χ0v) is 8.59. The van der Waals surface area contributed by atoms with Gasteiger partial charge in [0.2, 0.25) is 0 Å². The Balaban J connectivity index is -0.000000125. The van der Waals surface area contributed by atoms with Gasteiger partial charge < -0.3 is 10.2 Å². The number of hydrogen-bond acceptors (Lipinski definition) is 3. The van der Waals surface area contributed by atoms with Gasteiger partial charge in [-0.3, -0.25) is 4.79 Å². The molecule has 0 saturated heterocycles. The second-order valence-electron chi connectivity index (χ2n) is 0.925. The summed E-state index contributed by atoms with van der Waals surface area (Å²) in [5.74, 6) is -0.211. The number of carbonyl (C=O) groups excluding carboxylic acids is 1. The molecule has 8 heavy (non-hydrogen) atoms. The Morgan fingerprint density at radius 3 is 2.00 bits per heavy atom. The predicted molar refractivity (Wildman–Crippen MR) is 24.2 cm³/mol. The summed E-state index contributed by atoms with van der Waals surface area (Å²) in [6, 6.07) is 0. The summed E-state index contributed by atoms with van der Waals surface area (Å²) in [5, 5.41) is 0. The van der Waals surface area contributed by atoms with Crippen LogP contribution in [-0.4, -0.2) is 18.1 Å². The van der Waals surface area contributed by atoms with Crippen LogP contribution in [0.5, 0.6) is 0 Å². The molecule has 1 N–H and O–H groups in total. The summed E-state index contributed by atoms with van der Waals surface area (Å²) in [6.07, 6.45) is 0. The first-order valence-electron chi connectivity index (χ1n) is 1.90. The van der Waals surface area contributed by atoms with E-state index in [0.717, 1.165) is 0 Å². The fourth-order valence-electron chi connectivity index (χ4n) is 0.203. The number of carbonyl (C=O) groups is 1. The summed E-state index contributed by atoms with van der Waals surface area (Å²) in [6.45, 7) is 3.65. The molecule has 0 bridgehead atoms. The quantitative estimate of drug-likeness (QED) is 0.299. The van der Waals surface area contributed by atoms with Crippen molar-refractivity contribution in [1.29, 1.82) is 0 Å². The molecule has 0 rings (SSSR count). The molecule has 0 spiro atoms. The third-order valence-electron chi connectivity index (χ3n) is 0.348. The van der Waals surface area contributed by atoms with Gasteiger partial charge in [-0.2, -0.15) is 0 Å². The molecule has 0 amide bonds. The van der Waals surface area contributed by atoms with E-state index in [1.807, 2.05) is 0 Å². The number of rotatable bonds is 1. The van der Waals surface area contributed by atoms with Crippen molar-refractivity contribution in [2.24, 2.45) is 0 Å². The van der Waals surface area contributed by atoms with Gasteiger partial charge in [0.1, 0.15) is 0 Å². The summed E-state index contributed by atoms with van der Waals surface area (Å²) < 4.78 is 4.40. The van der Waals surface area contributed by atoms with Crippen molar-refractivity contribution in [3.63, 3.8) is 0 Å². The van der Waals surface area contributed by atoms with Crippen molar-refractivity contribution in [3.05, 3.63) is 0 Å². The zero-order valence-electron chi connectivity index (χ0n) is 5.47. The van der Waals surface area contributed by atoms with Gasteiger partial charge in [-0.05, 0) is 6.92 Å². The second kappa shape index (κ2) is 10.9. The maximum Gasteiger partial charge on any atom is 1.00 e. The molecule has 0 aliphatic heterocycles. The third kappa shape index (κ3) is 15.7. The minimum Gasteiger partial charge on any atom is -0.870 e. The second-order valence-corrected chi connectivity index (χ2v) is 0.925. The van der Waals surface area contributed by atoms with E-state index in [4.69, 9.17) is 0 Å². The van der Waals surface area contributed by atoms with Gasteiger partial charge in [-0.1, -0.05) is 0 Å². The first-order valence-corrected chi connectivity index (χ1v) is 1.90. The van der Waals surface area contributed by atoms with Gasteiger partial charge in [0.15, 0.2) is 0 Å². The number of esters is 1. The largest absolute Gasteiger partial charge is 1.00 e. The molecule has 0 unspecified atom stereocenters. The van der Waals surface area contributed by atoms with Crippen molar-refractivity contribution in [3.8, 4) is 0 Å². The molecule has 0 heterocycles. The van der Waals surface area contributed by atoms with Gasteiger partial charge in [0.25, 0.3) is 0 Å². The van der Waals surface area contributed by atoms with Crippen molar-refractivity contribution in [2.75, 3.05) is 6.61 Å². The van der Waals surface area contributed by atoms with Crippen LogP contribution in [0.4, 0.5) is 0 Å². The van der Waals surface area contributed by atoms with Crippen molar-refractivity contribution >= 4 is 5.97 Å².